The zero-order valence-electron chi connectivity index (χ0n) is 23.2. The van der Waals surface area contributed by atoms with Crippen molar-refractivity contribution in [3.63, 3.8) is 0 Å². The van der Waals surface area contributed by atoms with Crippen LogP contribution in [0.3, 0.4) is 0 Å². The predicted molar refractivity (Wildman–Crippen MR) is 167 cm³/mol. The molecule has 4 nitrogen and oxygen atoms in total. The average Bonchev–Trinajstić information content (AvgIpc) is 2.96. The van der Waals surface area contributed by atoms with E-state index in [1.165, 1.54) is 24.1 Å². The van der Waals surface area contributed by atoms with E-state index in [0.717, 1.165) is 47.0 Å². The number of hydrogen-bond acceptors (Lipinski definition) is 4. The number of benzene rings is 4. The van der Waals surface area contributed by atoms with Gasteiger partial charge in [0.05, 0.1) is 0 Å². The van der Waals surface area contributed by atoms with Crippen LogP contribution in [0.5, 0.6) is 0 Å². The number of hydrogen-bond donors (Lipinski definition) is 4. The fourth-order valence-electron chi connectivity index (χ4n) is 4.75. The SMILES string of the molecule is CCC(CC)Nc1ccc(Nc2ccc(Nc3ccc(Nc4ccc(C(CC)CC)cc4)cc3)cc2)cc1. The minimum Gasteiger partial charge on any atom is -0.382 e. The zero-order valence-corrected chi connectivity index (χ0v) is 23.2. The van der Waals surface area contributed by atoms with Crippen molar-refractivity contribution in [2.45, 2.75) is 65.3 Å². The van der Waals surface area contributed by atoms with Gasteiger partial charge in [0.2, 0.25) is 0 Å². The number of anilines is 7. The van der Waals surface area contributed by atoms with E-state index in [0.29, 0.717) is 12.0 Å². The van der Waals surface area contributed by atoms with Gasteiger partial charge in [-0.1, -0.05) is 39.8 Å². The fourth-order valence-corrected chi connectivity index (χ4v) is 4.75. The summed E-state index contributed by atoms with van der Waals surface area (Å²) < 4.78 is 0. The Morgan fingerprint density at radius 1 is 0.395 bits per heavy atom. The van der Waals surface area contributed by atoms with Crippen molar-refractivity contribution in [3.05, 3.63) is 103 Å². The molecule has 0 unspecified atom stereocenters. The summed E-state index contributed by atoms with van der Waals surface area (Å²) >= 11 is 0. The Bertz CT molecular complexity index is 1220. The van der Waals surface area contributed by atoms with Crippen molar-refractivity contribution in [3.8, 4) is 0 Å². The molecule has 0 aliphatic heterocycles. The lowest BCUT2D eigenvalue weighted by atomic mass is 9.94. The summed E-state index contributed by atoms with van der Waals surface area (Å²) in [6.45, 7) is 8.96. The van der Waals surface area contributed by atoms with E-state index in [2.05, 4.69) is 146 Å². The van der Waals surface area contributed by atoms with Gasteiger partial charge in [-0.25, -0.2) is 0 Å². The van der Waals surface area contributed by atoms with E-state index < -0.39 is 0 Å². The molecule has 198 valence electrons. The summed E-state index contributed by atoms with van der Waals surface area (Å²) in [6.07, 6.45) is 4.62. The maximum Gasteiger partial charge on any atom is 0.0385 e. The third kappa shape index (κ3) is 7.55. The van der Waals surface area contributed by atoms with Crippen LogP contribution in [0.2, 0.25) is 0 Å². The second-order valence-electron chi connectivity index (χ2n) is 9.90. The van der Waals surface area contributed by atoms with Crippen molar-refractivity contribution in [2.24, 2.45) is 0 Å². The van der Waals surface area contributed by atoms with Crippen LogP contribution in [0.25, 0.3) is 0 Å². The van der Waals surface area contributed by atoms with E-state index in [-0.39, 0.29) is 0 Å². The summed E-state index contributed by atoms with van der Waals surface area (Å²) in [6, 6.07) is 34.7. The summed E-state index contributed by atoms with van der Waals surface area (Å²) in [7, 11) is 0. The smallest absolute Gasteiger partial charge is 0.0385 e. The van der Waals surface area contributed by atoms with Gasteiger partial charge in [-0.3, -0.25) is 0 Å². The summed E-state index contributed by atoms with van der Waals surface area (Å²) in [5.74, 6) is 0.646. The topological polar surface area (TPSA) is 48.1 Å². The quantitative estimate of drug-likeness (QED) is 0.146. The molecule has 0 radical (unpaired) electrons. The van der Waals surface area contributed by atoms with Gasteiger partial charge in [0.15, 0.2) is 0 Å². The van der Waals surface area contributed by atoms with Crippen LogP contribution in [0.4, 0.5) is 39.8 Å². The Hall–Kier alpha value is -3.92. The van der Waals surface area contributed by atoms with Crippen LogP contribution in [0, 0.1) is 0 Å². The van der Waals surface area contributed by atoms with Gasteiger partial charge >= 0.3 is 0 Å². The van der Waals surface area contributed by atoms with Crippen LogP contribution in [-0.4, -0.2) is 6.04 Å². The molecule has 4 aromatic rings. The molecule has 4 heteroatoms. The molecule has 4 aromatic carbocycles. The summed E-state index contributed by atoms with van der Waals surface area (Å²) in [4.78, 5) is 0. The third-order valence-corrected chi connectivity index (χ3v) is 7.24. The van der Waals surface area contributed by atoms with Crippen LogP contribution < -0.4 is 21.3 Å². The second kappa shape index (κ2) is 13.6. The largest absolute Gasteiger partial charge is 0.382 e. The van der Waals surface area contributed by atoms with Crippen LogP contribution >= 0.6 is 0 Å². The Labute approximate surface area is 228 Å². The molecule has 0 saturated carbocycles. The normalized spacial score (nSPS) is 11.0. The molecular formula is C34H42N4. The van der Waals surface area contributed by atoms with E-state index in [1.54, 1.807) is 0 Å². The molecule has 0 fully saturated rings. The highest BCUT2D eigenvalue weighted by molar-refractivity contribution is 5.69. The fraction of sp³-hybridized carbons (Fsp3) is 0.294. The summed E-state index contributed by atoms with van der Waals surface area (Å²) in [5, 5.41) is 14.1. The molecule has 0 bridgehead atoms. The predicted octanol–water partition coefficient (Wildman–Crippen LogP) is 10.4. The lowest BCUT2D eigenvalue weighted by Crippen LogP contribution is -2.16. The first-order valence-electron chi connectivity index (χ1n) is 14.1. The van der Waals surface area contributed by atoms with E-state index in [9.17, 15) is 0 Å². The molecule has 0 aliphatic carbocycles. The van der Waals surface area contributed by atoms with Crippen molar-refractivity contribution in [2.75, 3.05) is 21.3 Å². The Morgan fingerprint density at radius 3 is 0.974 bits per heavy atom. The summed E-state index contributed by atoms with van der Waals surface area (Å²) in [5.41, 5.74) is 9.02. The highest BCUT2D eigenvalue weighted by Crippen LogP contribution is 2.27. The van der Waals surface area contributed by atoms with Crippen LogP contribution in [0.15, 0.2) is 97.1 Å². The van der Waals surface area contributed by atoms with E-state index in [4.69, 9.17) is 0 Å². The molecule has 0 spiro atoms. The lowest BCUT2D eigenvalue weighted by molar-refractivity contribution is 0.642. The van der Waals surface area contributed by atoms with Crippen molar-refractivity contribution < 1.29 is 0 Å². The van der Waals surface area contributed by atoms with E-state index >= 15 is 0 Å². The highest BCUT2D eigenvalue weighted by atomic mass is 14.9. The minimum absolute atomic E-state index is 0.526. The first kappa shape index (κ1) is 27.1. The average molecular weight is 507 g/mol. The van der Waals surface area contributed by atoms with Gasteiger partial charge in [0.1, 0.15) is 0 Å². The van der Waals surface area contributed by atoms with Crippen molar-refractivity contribution in [1.29, 1.82) is 0 Å². The number of nitrogens with one attached hydrogen (secondary N) is 4. The first-order chi connectivity index (χ1) is 18.6. The molecule has 0 amide bonds. The highest BCUT2D eigenvalue weighted by Gasteiger charge is 2.07. The molecule has 0 aliphatic rings. The lowest BCUT2D eigenvalue weighted by Gasteiger charge is -2.16. The standard InChI is InChI=1S/C34H42N4/c1-5-25(6-2)26-9-11-28(12-10-26)36-30-17-19-32(20-18-30)38-34-23-21-33(22-24-34)37-31-15-13-29(14-16-31)35-27(7-3)8-4/h9-25,27,35-38H,5-8H2,1-4H3. The molecule has 0 atom stereocenters. The minimum atomic E-state index is 0.526. The van der Waals surface area contributed by atoms with Gasteiger partial charge in [-0.2, -0.15) is 0 Å². The second-order valence-corrected chi connectivity index (χ2v) is 9.90. The van der Waals surface area contributed by atoms with Crippen LogP contribution in [0.1, 0.15) is 64.9 Å². The molecule has 38 heavy (non-hydrogen) atoms. The van der Waals surface area contributed by atoms with Gasteiger partial charge in [0, 0.05) is 45.9 Å². The number of rotatable bonds is 13. The molecule has 4 N–H and O–H groups in total. The monoisotopic (exact) mass is 506 g/mol. The van der Waals surface area contributed by atoms with Gasteiger partial charge in [0.25, 0.3) is 0 Å². The molecular weight excluding hydrogens is 464 g/mol. The van der Waals surface area contributed by atoms with Crippen molar-refractivity contribution in [1.82, 2.24) is 0 Å². The van der Waals surface area contributed by atoms with Gasteiger partial charge < -0.3 is 21.3 Å². The molecule has 4 rings (SSSR count). The first-order valence-corrected chi connectivity index (χ1v) is 14.1. The zero-order chi connectivity index (χ0) is 26.7. The van der Waals surface area contributed by atoms with E-state index in [1.807, 2.05) is 0 Å². The Balaban J connectivity index is 1.29. The molecule has 0 saturated heterocycles. The van der Waals surface area contributed by atoms with Crippen LogP contribution in [-0.2, 0) is 0 Å². The maximum atomic E-state index is 3.58. The van der Waals surface area contributed by atoms with Gasteiger partial charge in [-0.05, 0) is 122 Å². The maximum absolute atomic E-state index is 3.58. The Kier molecular flexibility index (Phi) is 9.69. The molecule has 0 heterocycles. The third-order valence-electron chi connectivity index (χ3n) is 7.24. The van der Waals surface area contributed by atoms with Crippen molar-refractivity contribution >= 4 is 39.8 Å². The Morgan fingerprint density at radius 2 is 0.684 bits per heavy atom. The molecule has 0 aromatic heterocycles. The van der Waals surface area contributed by atoms with Gasteiger partial charge in [-0.15, -0.1) is 0 Å².